The largest absolute Gasteiger partial charge is 0.497 e. The summed E-state index contributed by atoms with van der Waals surface area (Å²) in [7, 11) is 3.74. The summed E-state index contributed by atoms with van der Waals surface area (Å²) in [4.78, 5) is 80.2. The summed E-state index contributed by atoms with van der Waals surface area (Å²) in [5.41, 5.74) is 7.97. The molecule has 3 aromatic carbocycles. The van der Waals surface area contributed by atoms with Gasteiger partial charge in [-0.05, 0) is 94.5 Å². The maximum Gasteiger partial charge on any atom is 0.327 e. The number of ether oxygens (including phenoxy) is 1. The van der Waals surface area contributed by atoms with Crippen LogP contribution in [0.1, 0.15) is 85.3 Å². The number of Topliss-reactive ketones (excluding diaryl/α,β-unsaturated/α-hetero) is 1. The first-order valence-corrected chi connectivity index (χ1v) is 22.4. The van der Waals surface area contributed by atoms with Crippen LogP contribution >= 0.6 is 21.6 Å². The van der Waals surface area contributed by atoms with Gasteiger partial charge in [-0.25, -0.2) is 4.79 Å². The van der Waals surface area contributed by atoms with Gasteiger partial charge in [0.05, 0.1) is 17.4 Å². The fraction of sp³-hybridized carbons (Fsp3) is 0.500. The fourth-order valence-corrected chi connectivity index (χ4v) is 9.57. The molecule has 0 fully saturated rings. The van der Waals surface area contributed by atoms with Gasteiger partial charge >= 0.3 is 5.97 Å². The standard InChI is InChI=1S/C44H62N6O9S2/c1-9-35(52)44(7,22-12-13-23-45)49-39(54)34(26-29-16-19-30-14-10-11-15-31(30)24-29)47-38(53)33(25-28-17-20-32(59-8)21-18-28)48-40(55)36(50-58)42(3,4)60-61-43(5,6)37(41(56)57)46-27(2)51/h10-11,14-21,24,33-34,36-37,50,58H,9,12-13,22-23,25-26,45H2,1-8H3,(H,46,51)(H,47,53)(H,48,55)(H,49,54)(H,56,57)/t33-,34-,36+,37+,44-/m0/s1. The topological polar surface area (TPSA) is 238 Å². The number of fused-ring (bicyclic) bond motifs is 1. The molecule has 0 heterocycles. The smallest absolute Gasteiger partial charge is 0.327 e. The van der Waals surface area contributed by atoms with E-state index in [1.165, 1.54) is 14.0 Å². The Balaban J connectivity index is 2.00. The summed E-state index contributed by atoms with van der Waals surface area (Å²) in [5.74, 6) is -3.41. The molecule has 4 amide bonds. The lowest BCUT2D eigenvalue weighted by Gasteiger charge is -2.37. The van der Waals surface area contributed by atoms with Crippen molar-refractivity contribution in [2.45, 2.75) is 126 Å². The number of carbonyl (C=O) groups excluding carboxylic acids is 5. The number of carbonyl (C=O) groups is 6. The van der Waals surface area contributed by atoms with Crippen LogP contribution < -0.4 is 37.2 Å². The minimum atomic E-state index is -1.35. The van der Waals surface area contributed by atoms with Crippen molar-refractivity contribution >= 4 is 67.7 Å². The summed E-state index contributed by atoms with van der Waals surface area (Å²) >= 11 is 0. The van der Waals surface area contributed by atoms with Gasteiger partial charge in [-0.3, -0.25) is 24.0 Å². The number of hydrogen-bond donors (Lipinski definition) is 8. The number of carboxylic acids is 1. The highest BCUT2D eigenvalue weighted by Crippen LogP contribution is 2.46. The van der Waals surface area contributed by atoms with Crippen LogP contribution in [-0.4, -0.2) is 98.5 Å². The number of aliphatic carboxylic acids is 1. The molecule has 0 aromatic heterocycles. The van der Waals surface area contributed by atoms with Gasteiger partial charge in [-0.15, -0.1) is 0 Å². The molecule has 0 saturated carbocycles. The van der Waals surface area contributed by atoms with Crippen molar-refractivity contribution in [1.29, 1.82) is 0 Å². The number of nitrogens with two attached hydrogens (primary N) is 1. The Hall–Kier alpha value is -4.68. The number of hydrogen-bond acceptors (Lipinski definition) is 12. The fourth-order valence-electron chi connectivity index (χ4n) is 6.77. The Morgan fingerprint density at radius 3 is 1.85 bits per heavy atom. The number of methoxy groups -OCH3 is 1. The second-order valence-corrected chi connectivity index (χ2v) is 19.7. The van der Waals surface area contributed by atoms with Crippen LogP contribution in [0.2, 0.25) is 0 Å². The van der Waals surface area contributed by atoms with Crippen molar-refractivity contribution in [2.24, 2.45) is 5.73 Å². The Kier molecular flexibility index (Phi) is 19.1. The van der Waals surface area contributed by atoms with E-state index in [2.05, 4.69) is 26.7 Å². The maximum atomic E-state index is 14.5. The molecule has 0 aliphatic carbocycles. The summed E-state index contributed by atoms with van der Waals surface area (Å²) < 4.78 is 3.09. The lowest BCUT2D eigenvalue weighted by molar-refractivity contribution is -0.142. The van der Waals surface area contributed by atoms with Crippen molar-refractivity contribution in [2.75, 3.05) is 13.7 Å². The zero-order valence-electron chi connectivity index (χ0n) is 36.3. The molecule has 9 N–H and O–H groups in total. The number of hydroxylamine groups is 1. The summed E-state index contributed by atoms with van der Waals surface area (Å²) in [6, 6.07) is 15.3. The second kappa shape index (κ2) is 23.0. The highest BCUT2D eigenvalue weighted by atomic mass is 33.1. The van der Waals surface area contributed by atoms with Gasteiger partial charge in [0.25, 0.3) is 0 Å². The average molecular weight is 883 g/mol. The molecule has 3 rings (SSSR count). The van der Waals surface area contributed by atoms with Gasteiger partial charge in [0.15, 0.2) is 5.78 Å². The van der Waals surface area contributed by atoms with E-state index in [-0.39, 0.29) is 25.0 Å². The third kappa shape index (κ3) is 14.7. The normalized spacial score (nSPS) is 14.7. The lowest BCUT2D eigenvalue weighted by Crippen LogP contribution is -2.62. The molecule has 17 heteroatoms. The number of nitrogens with one attached hydrogen (secondary N) is 5. The molecule has 5 atom stereocenters. The summed E-state index contributed by atoms with van der Waals surface area (Å²) in [6.45, 7) is 11.6. The predicted octanol–water partition coefficient (Wildman–Crippen LogP) is 4.46. The van der Waals surface area contributed by atoms with E-state index in [4.69, 9.17) is 10.5 Å². The van der Waals surface area contributed by atoms with Crippen LogP contribution in [0.15, 0.2) is 66.7 Å². The zero-order valence-corrected chi connectivity index (χ0v) is 37.9. The van der Waals surface area contributed by atoms with E-state index in [1.807, 2.05) is 42.5 Å². The van der Waals surface area contributed by atoms with Gasteiger partial charge in [-0.1, -0.05) is 83.1 Å². The first kappa shape index (κ1) is 50.7. The quantitative estimate of drug-likeness (QED) is 0.0334. The molecule has 334 valence electrons. The number of amides is 4. The molecule has 0 unspecified atom stereocenters. The number of ketones is 1. The Morgan fingerprint density at radius 2 is 1.30 bits per heavy atom. The molecule has 3 aromatic rings. The number of carboxylic acid groups (broad SMARTS) is 1. The van der Waals surface area contributed by atoms with E-state index in [0.29, 0.717) is 37.1 Å². The van der Waals surface area contributed by atoms with Crippen LogP contribution in [0.5, 0.6) is 5.75 Å². The molecule has 0 aliphatic heterocycles. The molecular formula is C44H62N6O9S2. The first-order chi connectivity index (χ1) is 28.7. The molecule has 0 bridgehead atoms. The van der Waals surface area contributed by atoms with E-state index in [1.54, 1.807) is 65.8 Å². The van der Waals surface area contributed by atoms with Gasteiger partial charge in [-0.2, -0.15) is 5.48 Å². The van der Waals surface area contributed by atoms with E-state index in [9.17, 15) is 39.1 Å². The molecular weight excluding hydrogens is 821 g/mol. The summed E-state index contributed by atoms with van der Waals surface area (Å²) in [5, 5.41) is 33.2. The SMILES string of the molecule is CCC(=O)[C@](C)(CCCCN)NC(=O)[C@H](Cc1ccc2ccccc2c1)NC(=O)[C@H](Cc1ccc(OC)cc1)NC(=O)[C@@H](NO)C(C)(C)SSC(C)(C)[C@H](NC(C)=O)C(=O)O. The van der Waals surface area contributed by atoms with Crippen LogP contribution in [0.3, 0.4) is 0 Å². The van der Waals surface area contributed by atoms with Crippen LogP contribution in [-0.2, 0) is 41.6 Å². The van der Waals surface area contributed by atoms with Crippen molar-refractivity contribution in [3.63, 3.8) is 0 Å². The minimum Gasteiger partial charge on any atom is -0.497 e. The summed E-state index contributed by atoms with van der Waals surface area (Å²) in [6.07, 6.45) is 1.80. The Bertz CT molecular complexity index is 2000. The Labute approximate surface area is 366 Å². The molecule has 0 aliphatic rings. The van der Waals surface area contributed by atoms with Gasteiger partial charge < -0.3 is 42.1 Å². The van der Waals surface area contributed by atoms with Crippen LogP contribution in [0.4, 0.5) is 0 Å². The maximum absolute atomic E-state index is 14.5. The van der Waals surface area contributed by atoms with Crippen LogP contribution in [0, 0.1) is 0 Å². The molecule has 0 saturated heterocycles. The van der Waals surface area contributed by atoms with Gasteiger partial charge in [0.1, 0.15) is 29.9 Å². The van der Waals surface area contributed by atoms with Gasteiger partial charge in [0.2, 0.25) is 23.6 Å². The molecule has 15 nitrogen and oxygen atoms in total. The van der Waals surface area contributed by atoms with E-state index < -0.39 is 68.8 Å². The lowest BCUT2D eigenvalue weighted by atomic mass is 9.87. The van der Waals surface area contributed by atoms with Crippen LogP contribution in [0.25, 0.3) is 10.8 Å². The number of benzene rings is 3. The first-order valence-electron chi connectivity index (χ1n) is 20.2. The van der Waals surface area contributed by atoms with Crippen molar-refractivity contribution in [1.82, 2.24) is 26.7 Å². The van der Waals surface area contributed by atoms with E-state index in [0.717, 1.165) is 37.9 Å². The van der Waals surface area contributed by atoms with Gasteiger partial charge in [0, 0.05) is 30.9 Å². The van der Waals surface area contributed by atoms with Crippen molar-refractivity contribution < 1.29 is 43.8 Å². The van der Waals surface area contributed by atoms with Crippen molar-refractivity contribution in [3.05, 3.63) is 77.9 Å². The molecule has 0 radical (unpaired) electrons. The number of unbranched alkanes of at least 4 members (excludes halogenated alkanes) is 1. The highest BCUT2D eigenvalue weighted by Gasteiger charge is 2.43. The number of rotatable bonds is 25. The average Bonchev–Trinajstić information content (AvgIpc) is 3.21. The third-order valence-corrected chi connectivity index (χ3v) is 14.7. The van der Waals surface area contributed by atoms with E-state index >= 15 is 0 Å². The molecule has 61 heavy (non-hydrogen) atoms. The second-order valence-electron chi connectivity index (χ2n) is 16.3. The zero-order chi connectivity index (χ0) is 45.5. The van der Waals surface area contributed by atoms with Crippen molar-refractivity contribution in [3.8, 4) is 5.75 Å². The monoisotopic (exact) mass is 882 g/mol. The Morgan fingerprint density at radius 1 is 0.738 bits per heavy atom. The third-order valence-electron chi connectivity index (χ3n) is 10.4. The predicted molar refractivity (Wildman–Crippen MR) is 240 cm³/mol. The highest BCUT2D eigenvalue weighted by molar-refractivity contribution is 8.77. The molecule has 0 spiro atoms. The minimum absolute atomic E-state index is 0.0263.